The third-order valence-electron chi connectivity index (χ3n) is 6.46. The zero-order chi connectivity index (χ0) is 25.0. The maximum atomic E-state index is 12.6. The highest BCUT2D eigenvalue weighted by atomic mass is 16.2. The number of anilines is 1. The molecule has 8 heteroatoms. The summed E-state index contributed by atoms with van der Waals surface area (Å²) in [5.74, 6) is 0.246. The van der Waals surface area contributed by atoms with Gasteiger partial charge in [0, 0.05) is 50.6 Å². The molecule has 8 nitrogen and oxygen atoms in total. The normalized spacial score (nSPS) is 16.6. The van der Waals surface area contributed by atoms with E-state index >= 15 is 0 Å². The highest BCUT2D eigenvalue weighted by Crippen LogP contribution is 2.33. The van der Waals surface area contributed by atoms with Crippen LogP contribution in [0.4, 0.5) is 5.69 Å². The zero-order valence-corrected chi connectivity index (χ0v) is 21.3. The second-order valence-electron chi connectivity index (χ2n) is 10.2. The Morgan fingerprint density at radius 1 is 1.29 bits per heavy atom. The molecule has 1 atom stereocenters. The average molecular weight is 474 g/mol. The Balaban J connectivity index is 1.48. The molecule has 3 heterocycles. The fourth-order valence-electron chi connectivity index (χ4n) is 4.47. The largest absolute Gasteiger partial charge is 0.369 e. The lowest BCUT2D eigenvalue weighted by atomic mass is 9.96. The van der Waals surface area contributed by atoms with Crippen molar-refractivity contribution in [3.05, 3.63) is 59.7 Å². The number of benzene rings is 1. The van der Waals surface area contributed by atoms with Gasteiger partial charge < -0.3 is 15.2 Å². The van der Waals surface area contributed by atoms with E-state index in [9.17, 15) is 4.79 Å². The van der Waals surface area contributed by atoms with Gasteiger partial charge in [-0.05, 0) is 63.3 Å². The summed E-state index contributed by atoms with van der Waals surface area (Å²) in [6.45, 7) is 10.5. The molecular formula is C27H35N7O. The van der Waals surface area contributed by atoms with Crippen molar-refractivity contribution in [1.82, 2.24) is 25.3 Å². The Morgan fingerprint density at radius 3 is 2.83 bits per heavy atom. The van der Waals surface area contributed by atoms with Gasteiger partial charge in [-0.15, -0.1) is 5.10 Å². The number of nitrogens with zero attached hydrogens (tertiary/aromatic N) is 6. The van der Waals surface area contributed by atoms with Crippen molar-refractivity contribution in [3.8, 4) is 11.1 Å². The number of rotatable bonds is 6. The number of nitrogens with one attached hydrogen (secondary N) is 1. The van der Waals surface area contributed by atoms with Gasteiger partial charge in [-0.3, -0.25) is 9.78 Å². The number of carbonyl (C=O) groups excluding carboxylic acids is 1. The lowest BCUT2D eigenvalue weighted by molar-refractivity contribution is 0.0945. The van der Waals surface area contributed by atoms with Crippen LogP contribution in [-0.2, 0) is 12.1 Å². The third-order valence-corrected chi connectivity index (χ3v) is 6.46. The zero-order valence-electron chi connectivity index (χ0n) is 21.3. The van der Waals surface area contributed by atoms with Crippen LogP contribution in [0.25, 0.3) is 11.1 Å². The predicted molar refractivity (Wildman–Crippen MR) is 140 cm³/mol. The van der Waals surface area contributed by atoms with Gasteiger partial charge in [0.05, 0.1) is 23.6 Å². The number of hydrogen-bond acceptors (Lipinski definition) is 6. The van der Waals surface area contributed by atoms with E-state index in [0.29, 0.717) is 18.2 Å². The monoisotopic (exact) mass is 473 g/mol. The van der Waals surface area contributed by atoms with Crippen molar-refractivity contribution in [2.24, 2.45) is 10.9 Å². The van der Waals surface area contributed by atoms with Crippen LogP contribution in [0, 0.1) is 12.8 Å². The van der Waals surface area contributed by atoms with Crippen molar-refractivity contribution in [2.75, 3.05) is 25.0 Å². The third kappa shape index (κ3) is 5.75. The predicted octanol–water partition coefficient (Wildman–Crippen LogP) is 4.25. The van der Waals surface area contributed by atoms with Gasteiger partial charge in [-0.2, -0.15) is 0 Å². The maximum absolute atomic E-state index is 12.6. The van der Waals surface area contributed by atoms with Crippen LogP contribution >= 0.6 is 0 Å². The Morgan fingerprint density at radius 2 is 2.11 bits per heavy atom. The summed E-state index contributed by atoms with van der Waals surface area (Å²) in [5, 5.41) is 11.1. The molecule has 184 valence electrons. The highest BCUT2D eigenvalue weighted by molar-refractivity contribution is 5.91. The molecular weight excluding hydrogens is 438 g/mol. The molecule has 1 unspecified atom stereocenters. The summed E-state index contributed by atoms with van der Waals surface area (Å²) in [5.41, 5.74) is 5.77. The fourth-order valence-corrected chi connectivity index (χ4v) is 4.47. The molecule has 35 heavy (non-hydrogen) atoms. The van der Waals surface area contributed by atoms with Crippen LogP contribution in [0.3, 0.4) is 0 Å². The summed E-state index contributed by atoms with van der Waals surface area (Å²) >= 11 is 0. The molecule has 1 aliphatic rings. The van der Waals surface area contributed by atoms with Crippen LogP contribution in [0.2, 0.25) is 0 Å². The molecule has 1 aromatic carbocycles. The number of pyridine rings is 1. The molecule has 0 saturated carbocycles. The molecule has 0 spiro atoms. The Bertz CT molecular complexity index is 1210. The molecule has 1 N–H and O–H groups in total. The number of hydrogen-bond donors (Lipinski definition) is 1. The second-order valence-corrected chi connectivity index (χ2v) is 10.2. The first-order valence-electron chi connectivity index (χ1n) is 12.2. The Hall–Kier alpha value is -3.55. The van der Waals surface area contributed by atoms with E-state index in [4.69, 9.17) is 0 Å². The smallest absolute Gasteiger partial charge is 0.273 e. The summed E-state index contributed by atoms with van der Waals surface area (Å²) in [7, 11) is 1.84. The van der Waals surface area contributed by atoms with E-state index in [1.54, 1.807) is 10.9 Å². The first-order valence-corrected chi connectivity index (χ1v) is 12.2. The fraction of sp³-hybridized carbons (Fsp3) is 0.444. The second kappa shape index (κ2) is 10.4. The van der Waals surface area contributed by atoms with E-state index < -0.39 is 0 Å². The van der Waals surface area contributed by atoms with Crippen LogP contribution < -0.4 is 10.2 Å². The molecule has 0 bridgehead atoms. The van der Waals surface area contributed by atoms with Crippen molar-refractivity contribution in [1.29, 1.82) is 0 Å². The summed E-state index contributed by atoms with van der Waals surface area (Å²) < 4.78 is 1.70. The van der Waals surface area contributed by atoms with E-state index in [-0.39, 0.29) is 11.4 Å². The van der Waals surface area contributed by atoms with Crippen LogP contribution in [0.1, 0.15) is 55.2 Å². The molecule has 1 aliphatic heterocycles. The van der Waals surface area contributed by atoms with Crippen molar-refractivity contribution in [2.45, 2.75) is 52.6 Å². The number of aryl methyl sites for hydroxylation is 1. The van der Waals surface area contributed by atoms with Crippen molar-refractivity contribution < 1.29 is 4.79 Å². The number of piperidine rings is 1. The minimum atomic E-state index is -0.226. The average Bonchev–Trinajstić information content (AvgIpc) is 3.35. The first kappa shape index (κ1) is 24.6. The van der Waals surface area contributed by atoms with Crippen LogP contribution in [-0.4, -0.2) is 52.2 Å². The van der Waals surface area contributed by atoms with Crippen LogP contribution in [0.5, 0.6) is 0 Å². The summed E-state index contributed by atoms with van der Waals surface area (Å²) in [6, 6.07) is 8.48. The lowest BCUT2D eigenvalue weighted by Gasteiger charge is -2.34. The molecule has 3 aromatic rings. The van der Waals surface area contributed by atoms with E-state index in [1.807, 2.05) is 40.2 Å². The summed E-state index contributed by atoms with van der Waals surface area (Å²) in [6.07, 6.45) is 9.89. The maximum Gasteiger partial charge on any atom is 0.273 e. The molecule has 4 rings (SSSR count). The minimum Gasteiger partial charge on any atom is -0.369 e. The quantitative estimate of drug-likeness (QED) is 0.541. The van der Waals surface area contributed by atoms with Gasteiger partial charge in [-0.1, -0.05) is 23.4 Å². The van der Waals surface area contributed by atoms with Gasteiger partial charge in [0.25, 0.3) is 5.91 Å². The number of amides is 1. The molecule has 1 amide bonds. The lowest BCUT2D eigenvalue weighted by Crippen LogP contribution is -2.36. The topological polar surface area (TPSA) is 88.3 Å². The van der Waals surface area contributed by atoms with Gasteiger partial charge in [0.2, 0.25) is 0 Å². The van der Waals surface area contributed by atoms with E-state index in [2.05, 4.69) is 67.9 Å². The van der Waals surface area contributed by atoms with Crippen molar-refractivity contribution in [3.63, 3.8) is 0 Å². The molecule has 1 saturated heterocycles. The van der Waals surface area contributed by atoms with E-state index in [0.717, 1.165) is 41.9 Å². The molecule has 2 aromatic heterocycles. The van der Waals surface area contributed by atoms with Crippen molar-refractivity contribution >= 4 is 17.8 Å². The number of aliphatic imine (C=N–C) groups is 1. The van der Waals surface area contributed by atoms with Crippen LogP contribution in [0.15, 0.2) is 47.8 Å². The summed E-state index contributed by atoms with van der Waals surface area (Å²) in [4.78, 5) is 23.7. The number of aromatic nitrogens is 4. The molecule has 1 fully saturated rings. The van der Waals surface area contributed by atoms with Gasteiger partial charge in [0.1, 0.15) is 0 Å². The standard InChI is InChI=1S/C27H35N7O/c1-19-13-21(23-10-11-29-16-25(23)33-12-6-7-20(17-33)14-28-5)8-9-22(19)15-30-26(35)24-18-34(32-31-24)27(2,3)4/h8-11,13-14,16,18,20H,6-7,12,15,17H2,1-5H3,(H,30,35). The van der Waals surface area contributed by atoms with Gasteiger partial charge in [0.15, 0.2) is 5.69 Å². The molecule has 0 aliphatic carbocycles. The minimum absolute atomic E-state index is 0.220. The SMILES string of the molecule is CN=CC1CCCN(c2cnccc2-c2ccc(CNC(=O)c3cn(C(C)(C)C)nn3)c(C)c2)C1. The number of carbonyl (C=O) groups is 1. The Kier molecular flexibility index (Phi) is 7.28. The molecule has 0 radical (unpaired) electrons. The highest BCUT2D eigenvalue weighted by Gasteiger charge is 2.22. The Labute approximate surface area is 207 Å². The first-order chi connectivity index (χ1) is 16.8. The van der Waals surface area contributed by atoms with Gasteiger partial charge >= 0.3 is 0 Å². The van der Waals surface area contributed by atoms with Gasteiger partial charge in [-0.25, -0.2) is 4.68 Å². The van der Waals surface area contributed by atoms with E-state index in [1.165, 1.54) is 12.0 Å².